The number of para-hydroxylation sites is 2. The molecule has 5 aromatic carbocycles. The lowest BCUT2D eigenvalue weighted by Crippen LogP contribution is -2.03. The van der Waals surface area contributed by atoms with E-state index in [0.717, 1.165) is 44.4 Å². The minimum atomic E-state index is 0.685. The molecule has 41 heavy (non-hydrogen) atoms. The molecular weight excluding hydrogens is 520 g/mol. The van der Waals surface area contributed by atoms with Gasteiger partial charge in [-0.15, -0.1) is 11.3 Å². The normalized spacial score (nSPS) is 11.9. The van der Waals surface area contributed by atoms with Crippen molar-refractivity contribution in [3.8, 4) is 22.9 Å². The van der Waals surface area contributed by atoms with Crippen LogP contribution in [0.15, 0.2) is 132 Å². The van der Waals surface area contributed by atoms with Crippen molar-refractivity contribution in [2.24, 2.45) is 0 Å². The highest BCUT2D eigenvalue weighted by Gasteiger charge is 2.20. The molecule has 0 saturated carbocycles. The Bertz CT molecular complexity index is 2420. The Kier molecular flexibility index (Phi) is 4.74. The fourth-order valence-electron chi connectivity index (χ4n) is 6.28. The van der Waals surface area contributed by atoms with E-state index in [4.69, 9.17) is 9.97 Å². The number of hydrogen-bond acceptors (Lipinski definition) is 3. The fourth-order valence-corrected chi connectivity index (χ4v) is 7.03. The molecule has 4 heterocycles. The predicted octanol–water partition coefficient (Wildman–Crippen LogP) is 9.55. The summed E-state index contributed by atoms with van der Waals surface area (Å²) in [6, 6.07) is 40.7. The van der Waals surface area contributed by atoms with E-state index in [1.54, 1.807) is 11.3 Å². The molecule has 0 unspecified atom stereocenters. The van der Waals surface area contributed by atoms with Crippen LogP contribution in [-0.2, 0) is 0 Å². The van der Waals surface area contributed by atoms with Gasteiger partial charge in [-0.1, -0.05) is 84.9 Å². The summed E-state index contributed by atoms with van der Waals surface area (Å²) >= 11 is 1.67. The standard InChI is InChI=1S/C36H22N4S/c1-2-11-24(12-3-1)39-20-19-29-32(39)18-17-28-26-14-6-7-16-33(26)40(35(28)29)36-37-31-22-41-21-30(31)34(38-36)27-15-8-10-23-9-4-5-13-25(23)27/h1-22H. The SMILES string of the molecule is c1ccc(-n2ccc3c2ccc2c4ccccc4n(-c4nc(-c5cccc6ccccc56)c5cscc5n4)c23)cc1. The van der Waals surface area contributed by atoms with E-state index in [-0.39, 0.29) is 0 Å². The van der Waals surface area contributed by atoms with Crippen molar-refractivity contribution in [2.45, 2.75) is 0 Å². The molecule has 5 heteroatoms. The molecule has 0 N–H and O–H groups in total. The van der Waals surface area contributed by atoms with E-state index in [2.05, 4.69) is 141 Å². The van der Waals surface area contributed by atoms with Crippen LogP contribution in [0.3, 0.4) is 0 Å². The van der Waals surface area contributed by atoms with Gasteiger partial charge in [0.05, 0.1) is 27.8 Å². The van der Waals surface area contributed by atoms with Gasteiger partial charge in [0.15, 0.2) is 0 Å². The molecule has 0 radical (unpaired) electrons. The topological polar surface area (TPSA) is 35.6 Å². The monoisotopic (exact) mass is 542 g/mol. The van der Waals surface area contributed by atoms with Crippen LogP contribution in [-0.4, -0.2) is 19.1 Å². The Morgan fingerprint density at radius 3 is 2.27 bits per heavy atom. The molecule has 0 fully saturated rings. The van der Waals surface area contributed by atoms with Gasteiger partial charge >= 0.3 is 0 Å². The summed E-state index contributed by atoms with van der Waals surface area (Å²) in [5, 5.41) is 11.3. The number of rotatable bonds is 3. The first-order chi connectivity index (χ1) is 20.3. The number of hydrogen-bond donors (Lipinski definition) is 0. The average molecular weight is 543 g/mol. The second kappa shape index (κ2) is 8.62. The van der Waals surface area contributed by atoms with E-state index in [0.29, 0.717) is 5.95 Å². The Morgan fingerprint density at radius 1 is 0.537 bits per heavy atom. The van der Waals surface area contributed by atoms with E-state index in [9.17, 15) is 0 Å². The minimum absolute atomic E-state index is 0.685. The Hall–Kier alpha value is -5.26. The second-order valence-electron chi connectivity index (χ2n) is 10.3. The van der Waals surface area contributed by atoms with Gasteiger partial charge in [0.1, 0.15) is 0 Å². The molecule has 0 bridgehead atoms. The molecule has 0 aliphatic rings. The Balaban J connectivity index is 1.40. The highest BCUT2D eigenvalue weighted by molar-refractivity contribution is 7.09. The van der Waals surface area contributed by atoms with Gasteiger partial charge in [0.25, 0.3) is 0 Å². The zero-order valence-corrected chi connectivity index (χ0v) is 22.7. The number of fused-ring (bicyclic) bond motifs is 7. The van der Waals surface area contributed by atoms with Gasteiger partial charge in [0, 0.05) is 49.8 Å². The first-order valence-corrected chi connectivity index (χ1v) is 14.6. The molecule has 9 rings (SSSR count). The summed E-state index contributed by atoms with van der Waals surface area (Å²) in [5.74, 6) is 0.685. The van der Waals surface area contributed by atoms with Crippen LogP contribution in [0.1, 0.15) is 0 Å². The summed E-state index contributed by atoms with van der Waals surface area (Å²) in [5.41, 5.74) is 7.55. The number of thiophene rings is 1. The lowest BCUT2D eigenvalue weighted by atomic mass is 10.0. The molecular formula is C36H22N4S. The van der Waals surface area contributed by atoms with Gasteiger partial charge in [-0.25, -0.2) is 9.97 Å². The molecule has 0 atom stereocenters. The third-order valence-electron chi connectivity index (χ3n) is 8.11. The first-order valence-electron chi connectivity index (χ1n) is 13.7. The van der Waals surface area contributed by atoms with E-state index in [1.807, 2.05) is 0 Å². The Morgan fingerprint density at radius 2 is 1.34 bits per heavy atom. The van der Waals surface area contributed by atoms with Crippen molar-refractivity contribution in [3.63, 3.8) is 0 Å². The van der Waals surface area contributed by atoms with Gasteiger partial charge in [-0.05, 0) is 41.1 Å². The number of nitrogens with zero attached hydrogens (tertiary/aromatic N) is 4. The molecule has 0 saturated heterocycles. The molecule has 4 nitrogen and oxygen atoms in total. The number of benzene rings is 5. The maximum Gasteiger partial charge on any atom is 0.235 e. The summed E-state index contributed by atoms with van der Waals surface area (Å²) in [6.45, 7) is 0. The third-order valence-corrected chi connectivity index (χ3v) is 8.84. The molecule has 0 aliphatic heterocycles. The quantitative estimate of drug-likeness (QED) is 0.223. The molecule has 0 amide bonds. The summed E-state index contributed by atoms with van der Waals surface area (Å²) in [4.78, 5) is 10.5. The fraction of sp³-hybridized carbons (Fsp3) is 0. The second-order valence-corrected chi connectivity index (χ2v) is 11.1. The van der Waals surface area contributed by atoms with Crippen LogP contribution in [0.25, 0.3) is 77.3 Å². The van der Waals surface area contributed by atoms with Crippen LogP contribution < -0.4 is 0 Å². The van der Waals surface area contributed by atoms with E-state index in [1.165, 1.54) is 26.9 Å². The lowest BCUT2D eigenvalue weighted by Gasteiger charge is -2.12. The van der Waals surface area contributed by atoms with Gasteiger partial charge < -0.3 is 4.57 Å². The van der Waals surface area contributed by atoms with E-state index < -0.39 is 0 Å². The van der Waals surface area contributed by atoms with Crippen molar-refractivity contribution >= 4 is 65.7 Å². The molecule has 0 spiro atoms. The van der Waals surface area contributed by atoms with Crippen molar-refractivity contribution < 1.29 is 0 Å². The number of aromatic nitrogens is 4. The van der Waals surface area contributed by atoms with Gasteiger partial charge in [0.2, 0.25) is 5.95 Å². The van der Waals surface area contributed by atoms with Crippen LogP contribution in [0.5, 0.6) is 0 Å². The summed E-state index contributed by atoms with van der Waals surface area (Å²) in [7, 11) is 0. The van der Waals surface area contributed by atoms with E-state index >= 15 is 0 Å². The Labute approximate surface area is 239 Å². The first kappa shape index (κ1) is 22.5. The molecule has 9 aromatic rings. The van der Waals surface area contributed by atoms with Gasteiger partial charge in [-0.2, -0.15) is 0 Å². The zero-order valence-electron chi connectivity index (χ0n) is 21.9. The smallest absolute Gasteiger partial charge is 0.235 e. The molecule has 0 aliphatic carbocycles. The van der Waals surface area contributed by atoms with Crippen LogP contribution in [0.2, 0.25) is 0 Å². The summed E-state index contributed by atoms with van der Waals surface area (Å²) in [6.07, 6.45) is 2.16. The largest absolute Gasteiger partial charge is 0.316 e. The maximum atomic E-state index is 5.36. The maximum absolute atomic E-state index is 5.36. The third kappa shape index (κ3) is 3.27. The van der Waals surface area contributed by atoms with Crippen molar-refractivity contribution in [1.82, 2.24) is 19.1 Å². The van der Waals surface area contributed by atoms with Crippen LogP contribution >= 0.6 is 11.3 Å². The lowest BCUT2D eigenvalue weighted by molar-refractivity contribution is 1.02. The predicted molar refractivity (Wildman–Crippen MR) is 172 cm³/mol. The van der Waals surface area contributed by atoms with Crippen molar-refractivity contribution in [2.75, 3.05) is 0 Å². The molecule has 4 aromatic heterocycles. The van der Waals surface area contributed by atoms with Crippen molar-refractivity contribution in [1.29, 1.82) is 0 Å². The average Bonchev–Trinajstić information content (AvgIpc) is 3.76. The zero-order chi connectivity index (χ0) is 26.9. The highest BCUT2D eigenvalue weighted by atomic mass is 32.1. The van der Waals surface area contributed by atoms with Crippen LogP contribution in [0.4, 0.5) is 0 Å². The summed E-state index contributed by atoms with van der Waals surface area (Å²) < 4.78 is 4.51. The van der Waals surface area contributed by atoms with Gasteiger partial charge in [-0.3, -0.25) is 4.57 Å². The van der Waals surface area contributed by atoms with Crippen LogP contribution in [0, 0.1) is 0 Å². The molecule has 192 valence electrons. The highest BCUT2D eigenvalue weighted by Crippen LogP contribution is 2.39. The minimum Gasteiger partial charge on any atom is -0.316 e. The van der Waals surface area contributed by atoms with Crippen molar-refractivity contribution in [3.05, 3.63) is 132 Å².